The number of nitrogens with one attached hydrogen (secondary N) is 1. The van der Waals surface area contributed by atoms with Gasteiger partial charge in [0, 0.05) is 11.4 Å². The molecule has 0 aliphatic heterocycles. The van der Waals surface area contributed by atoms with Crippen molar-refractivity contribution in [1.29, 1.82) is 0 Å². The van der Waals surface area contributed by atoms with Crippen molar-refractivity contribution in [3.8, 4) is 0 Å². The molecule has 0 saturated carbocycles. The van der Waals surface area contributed by atoms with E-state index in [1.165, 1.54) is 4.88 Å². The SMILES string of the molecule is CCC(NCCc1cccs1)C(=O)O. The molecule has 0 saturated heterocycles. The third-order valence-electron chi connectivity index (χ3n) is 2.05. The molecule has 1 heterocycles. The van der Waals surface area contributed by atoms with E-state index in [1.807, 2.05) is 18.4 Å². The second-order valence-electron chi connectivity index (χ2n) is 3.08. The number of hydrogen-bond acceptors (Lipinski definition) is 3. The monoisotopic (exact) mass is 213 g/mol. The highest BCUT2D eigenvalue weighted by Gasteiger charge is 2.12. The Hall–Kier alpha value is -0.870. The van der Waals surface area contributed by atoms with Crippen molar-refractivity contribution in [1.82, 2.24) is 5.32 Å². The first-order valence-electron chi connectivity index (χ1n) is 4.72. The van der Waals surface area contributed by atoms with Crippen LogP contribution in [0.1, 0.15) is 18.2 Å². The van der Waals surface area contributed by atoms with Crippen LogP contribution in [-0.4, -0.2) is 23.7 Å². The van der Waals surface area contributed by atoms with Crippen molar-refractivity contribution < 1.29 is 9.90 Å². The van der Waals surface area contributed by atoms with Gasteiger partial charge >= 0.3 is 5.97 Å². The number of thiophene rings is 1. The zero-order chi connectivity index (χ0) is 10.4. The summed E-state index contributed by atoms with van der Waals surface area (Å²) in [4.78, 5) is 12.0. The lowest BCUT2D eigenvalue weighted by atomic mass is 10.2. The topological polar surface area (TPSA) is 49.3 Å². The number of hydrogen-bond donors (Lipinski definition) is 2. The predicted molar refractivity (Wildman–Crippen MR) is 57.7 cm³/mol. The molecule has 0 amide bonds. The first-order valence-corrected chi connectivity index (χ1v) is 5.60. The van der Waals surface area contributed by atoms with Gasteiger partial charge in [-0.15, -0.1) is 11.3 Å². The Balaban J connectivity index is 2.23. The lowest BCUT2D eigenvalue weighted by Crippen LogP contribution is -2.37. The molecule has 2 N–H and O–H groups in total. The summed E-state index contributed by atoms with van der Waals surface area (Å²) >= 11 is 1.70. The molecular weight excluding hydrogens is 198 g/mol. The maximum atomic E-state index is 10.7. The van der Waals surface area contributed by atoms with E-state index in [0.717, 1.165) is 13.0 Å². The van der Waals surface area contributed by atoms with Gasteiger partial charge in [0.25, 0.3) is 0 Å². The Morgan fingerprint density at radius 2 is 2.50 bits per heavy atom. The van der Waals surface area contributed by atoms with Gasteiger partial charge in [0.15, 0.2) is 0 Å². The van der Waals surface area contributed by atoms with E-state index in [4.69, 9.17) is 5.11 Å². The van der Waals surface area contributed by atoms with Crippen molar-refractivity contribution >= 4 is 17.3 Å². The lowest BCUT2D eigenvalue weighted by Gasteiger charge is -2.10. The molecule has 1 aromatic heterocycles. The van der Waals surface area contributed by atoms with Crippen LogP contribution in [-0.2, 0) is 11.2 Å². The van der Waals surface area contributed by atoms with Crippen LogP contribution in [0.5, 0.6) is 0 Å². The molecule has 0 bridgehead atoms. The first-order chi connectivity index (χ1) is 6.74. The molecule has 0 fully saturated rings. The molecular formula is C10H15NO2S. The van der Waals surface area contributed by atoms with E-state index < -0.39 is 12.0 Å². The van der Waals surface area contributed by atoms with Crippen LogP contribution in [0.15, 0.2) is 17.5 Å². The summed E-state index contributed by atoms with van der Waals surface area (Å²) in [5.74, 6) is -0.765. The highest BCUT2D eigenvalue weighted by molar-refractivity contribution is 7.09. The second kappa shape index (κ2) is 5.78. The summed E-state index contributed by atoms with van der Waals surface area (Å²) in [5, 5.41) is 13.8. The predicted octanol–water partition coefficient (Wildman–Crippen LogP) is 1.74. The molecule has 14 heavy (non-hydrogen) atoms. The van der Waals surface area contributed by atoms with Crippen molar-refractivity contribution in [2.75, 3.05) is 6.54 Å². The maximum Gasteiger partial charge on any atom is 0.320 e. The highest BCUT2D eigenvalue weighted by atomic mass is 32.1. The number of aliphatic carboxylic acids is 1. The molecule has 0 spiro atoms. The first kappa shape index (κ1) is 11.2. The van der Waals surface area contributed by atoms with Gasteiger partial charge in [-0.25, -0.2) is 0 Å². The number of carboxylic acids is 1. The third kappa shape index (κ3) is 3.47. The smallest absolute Gasteiger partial charge is 0.320 e. The van der Waals surface area contributed by atoms with Gasteiger partial charge in [0.2, 0.25) is 0 Å². The standard InChI is InChI=1S/C10H15NO2S/c1-2-9(10(12)13)11-6-5-8-4-3-7-14-8/h3-4,7,9,11H,2,5-6H2,1H3,(H,12,13). The molecule has 1 rings (SSSR count). The molecule has 0 aromatic carbocycles. The molecule has 0 aliphatic carbocycles. The summed E-state index contributed by atoms with van der Waals surface area (Å²) in [6.07, 6.45) is 1.53. The van der Waals surface area contributed by atoms with Gasteiger partial charge in [-0.05, 0) is 24.3 Å². The highest BCUT2D eigenvalue weighted by Crippen LogP contribution is 2.08. The zero-order valence-electron chi connectivity index (χ0n) is 8.19. The van der Waals surface area contributed by atoms with Gasteiger partial charge in [-0.1, -0.05) is 13.0 Å². The maximum absolute atomic E-state index is 10.7. The fourth-order valence-corrected chi connectivity index (χ4v) is 1.94. The minimum Gasteiger partial charge on any atom is -0.480 e. The van der Waals surface area contributed by atoms with Crippen LogP contribution in [0, 0.1) is 0 Å². The van der Waals surface area contributed by atoms with E-state index in [-0.39, 0.29) is 0 Å². The van der Waals surface area contributed by atoms with Crippen LogP contribution in [0.2, 0.25) is 0 Å². The van der Waals surface area contributed by atoms with Crippen LogP contribution in [0.4, 0.5) is 0 Å². The number of carboxylic acid groups (broad SMARTS) is 1. The van der Waals surface area contributed by atoms with Crippen molar-refractivity contribution in [2.45, 2.75) is 25.8 Å². The average molecular weight is 213 g/mol. The summed E-state index contributed by atoms with van der Waals surface area (Å²) in [5.41, 5.74) is 0. The van der Waals surface area contributed by atoms with Crippen LogP contribution < -0.4 is 5.32 Å². The van der Waals surface area contributed by atoms with E-state index >= 15 is 0 Å². The molecule has 1 atom stereocenters. The minimum atomic E-state index is -0.765. The Kier molecular flexibility index (Phi) is 4.62. The third-order valence-corrected chi connectivity index (χ3v) is 2.98. The Morgan fingerprint density at radius 3 is 3.00 bits per heavy atom. The molecule has 4 heteroatoms. The molecule has 1 aromatic rings. The number of rotatable bonds is 6. The second-order valence-corrected chi connectivity index (χ2v) is 4.11. The Morgan fingerprint density at radius 1 is 1.71 bits per heavy atom. The average Bonchev–Trinajstić information content (AvgIpc) is 2.64. The fraction of sp³-hybridized carbons (Fsp3) is 0.500. The summed E-state index contributed by atoms with van der Waals surface area (Å²) in [6, 6.07) is 3.66. The van der Waals surface area contributed by atoms with Gasteiger partial charge in [-0.3, -0.25) is 4.79 Å². The van der Waals surface area contributed by atoms with E-state index in [9.17, 15) is 4.79 Å². The van der Waals surface area contributed by atoms with Gasteiger partial charge < -0.3 is 10.4 Å². The Bertz CT molecular complexity index is 272. The van der Waals surface area contributed by atoms with E-state index in [1.54, 1.807) is 11.3 Å². The van der Waals surface area contributed by atoms with Gasteiger partial charge in [-0.2, -0.15) is 0 Å². The Labute approximate surface area is 87.8 Å². The van der Waals surface area contributed by atoms with E-state index in [0.29, 0.717) is 6.42 Å². The molecule has 1 unspecified atom stereocenters. The molecule has 78 valence electrons. The fourth-order valence-electron chi connectivity index (χ4n) is 1.23. The van der Waals surface area contributed by atoms with Gasteiger partial charge in [0.05, 0.1) is 0 Å². The largest absolute Gasteiger partial charge is 0.480 e. The molecule has 0 radical (unpaired) electrons. The van der Waals surface area contributed by atoms with Crippen LogP contribution >= 0.6 is 11.3 Å². The molecule has 3 nitrogen and oxygen atoms in total. The van der Waals surface area contributed by atoms with Crippen LogP contribution in [0.25, 0.3) is 0 Å². The summed E-state index contributed by atoms with van der Waals surface area (Å²) < 4.78 is 0. The van der Waals surface area contributed by atoms with Crippen molar-refractivity contribution in [3.63, 3.8) is 0 Å². The minimum absolute atomic E-state index is 0.407. The summed E-state index contributed by atoms with van der Waals surface area (Å²) in [7, 11) is 0. The normalized spacial score (nSPS) is 12.6. The van der Waals surface area contributed by atoms with E-state index in [2.05, 4.69) is 11.4 Å². The quantitative estimate of drug-likeness (QED) is 0.756. The molecule has 0 aliphatic rings. The zero-order valence-corrected chi connectivity index (χ0v) is 9.01. The number of carbonyl (C=O) groups is 1. The van der Waals surface area contributed by atoms with Gasteiger partial charge in [0.1, 0.15) is 6.04 Å². The van der Waals surface area contributed by atoms with Crippen molar-refractivity contribution in [2.24, 2.45) is 0 Å². The lowest BCUT2D eigenvalue weighted by molar-refractivity contribution is -0.139. The van der Waals surface area contributed by atoms with Crippen LogP contribution in [0.3, 0.4) is 0 Å². The van der Waals surface area contributed by atoms with Crippen molar-refractivity contribution in [3.05, 3.63) is 22.4 Å². The summed E-state index contributed by atoms with van der Waals surface area (Å²) in [6.45, 7) is 2.60.